The van der Waals surface area contributed by atoms with E-state index < -0.39 is 43.0 Å². The maximum atomic E-state index is 12.6. The highest BCUT2D eigenvalue weighted by Crippen LogP contribution is 2.23. The van der Waals surface area contributed by atoms with E-state index in [4.69, 9.17) is 0 Å². The third kappa shape index (κ3) is 5.48. The normalized spacial score (nSPS) is 12.1. The topological polar surface area (TPSA) is 94.9 Å². The van der Waals surface area contributed by atoms with E-state index in [1.165, 1.54) is 12.4 Å². The van der Waals surface area contributed by atoms with Crippen molar-refractivity contribution in [3.8, 4) is 28.8 Å². The molecular weight excluding hydrogens is 424 g/mol. The third-order valence-corrected chi connectivity index (χ3v) is 3.41. The number of halogens is 6. The van der Waals surface area contributed by atoms with Gasteiger partial charge in [-0.2, -0.15) is 36.4 Å². The number of H-pyrrole nitrogens is 1. The molecule has 30 heavy (non-hydrogen) atoms. The Hall–Kier alpha value is -3.58. The smallest absolute Gasteiger partial charge is 0.422 e. The molecule has 0 atom stereocenters. The SMILES string of the molecule is O=c1cc(-c2cn[nH]c2)nc(OCC(F)(F)F)n1-c1ccc(OCC(F)(F)F)nc1. The van der Waals surface area contributed by atoms with Crippen molar-refractivity contribution in [2.24, 2.45) is 0 Å². The van der Waals surface area contributed by atoms with Gasteiger partial charge in [0.05, 0.1) is 23.8 Å². The van der Waals surface area contributed by atoms with Gasteiger partial charge in [0, 0.05) is 23.9 Å². The van der Waals surface area contributed by atoms with E-state index in [-0.39, 0.29) is 11.4 Å². The Balaban J connectivity index is 1.97. The second-order valence-electron chi connectivity index (χ2n) is 5.75. The van der Waals surface area contributed by atoms with Crippen LogP contribution >= 0.6 is 0 Å². The lowest BCUT2D eigenvalue weighted by atomic mass is 10.2. The van der Waals surface area contributed by atoms with Crippen LogP contribution in [-0.2, 0) is 0 Å². The van der Waals surface area contributed by atoms with Crippen LogP contribution in [0.4, 0.5) is 26.3 Å². The molecule has 0 aliphatic rings. The Kier molecular flexibility index (Phi) is 5.67. The Bertz CT molecular complexity index is 1050. The van der Waals surface area contributed by atoms with E-state index in [1.807, 2.05) is 0 Å². The van der Waals surface area contributed by atoms with Gasteiger partial charge in [0.2, 0.25) is 5.88 Å². The zero-order valence-electron chi connectivity index (χ0n) is 14.7. The summed E-state index contributed by atoms with van der Waals surface area (Å²) in [7, 11) is 0. The summed E-state index contributed by atoms with van der Waals surface area (Å²) in [6.07, 6.45) is -5.68. The number of aromatic amines is 1. The second kappa shape index (κ2) is 8.04. The molecule has 3 aromatic rings. The predicted octanol–water partition coefficient (Wildman–Crippen LogP) is 2.90. The first kappa shape index (κ1) is 21.1. The minimum absolute atomic E-state index is 0.000245. The van der Waals surface area contributed by atoms with E-state index in [0.29, 0.717) is 10.1 Å². The Labute approximate surface area is 163 Å². The van der Waals surface area contributed by atoms with Crippen LogP contribution in [0.5, 0.6) is 11.9 Å². The summed E-state index contributed by atoms with van der Waals surface area (Å²) in [6, 6.07) is 2.48. The summed E-state index contributed by atoms with van der Waals surface area (Å²) in [5, 5.41) is 6.14. The number of nitrogens with one attached hydrogen (secondary N) is 1. The molecule has 0 radical (unpaired) electrons. The summed E-state index contributed by atoms with van der Waals surface area (Å²) in [5.74, 6) is -0.398. The number of hydrogen-bond acceptors (Lipinski definition) is 6. The van der Waals surface area contributed by atoms with Crippen LogP contribution in [0.1, 0.15) is 0 Å². The van der Waals surface area contributed by atoms with Gasteiger partial charge in [0.15, 0.2) is 13.2 Å². The van der Waals surface area contributed by atoms with Gasteiger partial charge in [0.1, 0.15) is 0 Å². The van der Waals surface area contributed by atoms with Crippen molar-refractivity contribution in [3.05, 3.63) is 47.1 Å². The predicted molar refractivity (Wildman–Crippen MR) is 88.3 cm³/mol. The highest BCUT2D eigenvalue weighted by molar-refractivity contribution is 5.57. The molecule has 0 amide bonds. The first-order valence-electron chi connectivity index (χ1n) is 8.01. The molecule has 0 aromatic carbocycles. The maximum absolute atomic E-state index is 12.6. The van der Waals surface area contributed by atoms with Crippen LogP contribution in [0, 0.1) is 0 Å². The molecule has 3 heterocycles. The Morgan fingerprint density at radius 1 is 1.00 bits per heavy atom. The Morgan fingerprint density at radius 2 is 1.70 bits per heavy atom. The molecule has 0 aliphatic carbocycles. The lowest BCUT2D eigenvalue weighted by Crippen LogP contribution is -2.26. The lowest BCUT2D eigenvalue weighted by Gasteiger charge is -2.15. The third-order valence-electron chi connectivity index (χ3n) is 3.41. The van der Waals surface area contributed by atoms with Crippen LogP contribution in [0.15, 0.2) is 41.6 Å². The molecule has 3 aromatic heterocycles. The molecule has 0 aliphatic heterocycles. The number of alkyl halides is 6. The summed E-state index contributed by atoms with van der Waals surface area (Å²) >= 11 is 0. The fourth-order valence-electron chi connectivity index (χ4n) is 2.23. The molecule has 0 saturated heterocycles. The number of hydrogen-bond donors (Lipinski definition) is 1. The fraction of sp³-hybridized carbons (Fsp3) is 0.250. The average molecular weight is 435 g/mol. The van der Waals surface area contributed by atoms with Gasteiger partial charge in [-0.1, -0.05) is 0 Å². The van der Waals surface area contributed by atoms with Gasteiger partial charge in [-0.05, 0) is 6.07 Å². The van der Waals surface area contributed by atoms with Crippen molar-refractivity contribution in [1.82, 2.24) is 24.7 Å². The summed E-state index contributed by atoms with van der Waals surface area (Å²) in [6.45, 7) is -3.31. The lowest BCUT2D eigenvalue weighted by molar-refractivity contribution is -0.155. The van der Waals surface area contributed by atoms with Crippen molar-refractivity contribution in [2.75, 3.05) is 13.2 Å². The zero-order valence-corrected chi connectivity index (χ0v) is 14.7. The van der Waals surface area contributed by atoms with Crippen LogP contribution in [0.3, 0.4) is 0 Å². The van der Waals surface area contributed by atoms with Crippen molar-refractivity contribution in [2.45, 2.75) is 12.4 Å². The molecule has 0 bridgehead atoms. The van der Waals surface area contributed by atoms with Gasteiger partial charge in [-0.15, -0.1) is 0 Å². The fourth-order valence-corrected chi connectivity index (χ4v) is 2.23. The van der Waals surface area contributed by atoms with Crippen LogP contribution < -0.4 is 15.0 Å². The minimum atomic E-state index is -4.71. The number of pyridine rings is 1. The molecule has 0 fully saturated rings. The number of ether oxygens (including phenoxy) is 2. The maximum Gasteiger partial charge on any atom is 0.422 e. The number of aromatic nitrogens is 5. The summed E-state index contributed by atoms with van der Waals surface area (Å²) in [5.41, 5.74) is -0.586. The van der Waals surface area contributed by atoms with Crippen molar-refractivity contribution in [1.29, 1.82) is 0 Å². The molecule has 0 spiro atoms. The van der Waals surface area contributed by atoms with E-state index in [0.717, 1.165) is 24.4 Å². The first-order chi connectivity index (χ1) is 14.0. The quantitative estimate of drug-likeness (QED) is 0.599. The largest absolute Gasteiger partial charge is 0.468 e. The highest BCUT2D eigenvalue weighted by atomic mass is 19.4. The van der Waals surface area contributed by atoms with Crippen molar-refractivity contribution in [3.63, 3.8) is 0 Å². The van der Waals surface area contributed by atoms with Crippen molar-refractivity contribution < 1.29 is 35.8 Å². The Morgan fingerprint density at radius 3 is 2.27 bits per heavy atom. The van der Waals surface area contributed by atoms with Crippen LogP contribution in [0.2, 0.25) is 0 Å². The first-order valence-corrected chi connectivity index (χ1v) is 8.01. The molecule has 1 N–H and O–H groups in total. The summed E-state index contributed by atoms with van der Waals surface area (Å²) in [4.78, 5) is 20.1. The minimum Gasteiger partial charge on any atom is -0.468 e. The number of nitrogens with zero attached hydrogens (tertiary/aromatic N) is 4. The van der Waals surface area contributed by atoms with Crippen molar-refractivity contribution >= 4 is 0 Å². The molecular formula is C16H11F6N5O3. The number of rotatable bonds is 6. The monoisotopic (exact) mass is 435 g/mol. The zero-order chi connectivity index (χ0) is 21.9. The van der Waals surface area contributed by atoms with E-state index in [2.05, 4.69) is 29.6 Å². The van der Waals surface area contributed by atoms with Gasteiger partial charge >= 0.3 is 18.4 Å². The van der Waals surface area contributed by atoms with Crippen LogP contribution in [-0.4, -0.2) is 50.3 Å². The average Bonchev–Trinajstić information content (AvgIpc) is 3.18. The molecule has 160 valence electrons. The van der Waals surface area contributed by atoms with Gasteiger partial charge in [-0.3, -0.25) is 9.89 Å². The molecule has 14 heteroatoms. The molecule has 0 saturated carbocycles. The standard InChI is InChI=1S/C16H11F6N5O3/c17-15(18,19)7-29-12-2-1-10(6-23-12)27-13(28)3-11(9-4-24-25-5-9)26-14(27)30-8-16(20,21)22/h1-6H,7-8H2,(H,24,25). The molecule has 3 rings (SSSR count). The van der Waals surface area contributed by atoms with E-state index in [1.54, 1.807) is 0 Å². The highest BCUT2D eigenvalue weighted by Gasteiger charge is 2.30. The molecule has 8 nitrogen and oxygen atoms in total. The molecule has 0 unspecified atom stereocenters. The van der Waals surface area contributed by atoms with Gasteiger partial charge < -0.3 is 9.47 Å². The van der Waals surface area contributed by atoms with E-state index in [9.17, 15) is 31.1 Å². The van der Waals surface area contributed by atoms with Gasteiger partial charge in [-0.25, -0.2) is 9.55 Å². The van der Waals surface area contributed by atoms with E-state index >= 15 is 0 Å². The summed E-state index contributed by atoms with van der Waals surface area (Å²) < 4.78 is 84.3. The second-order valence-corrected chi connectivity index (χ2v) is 5.75. The van der Waals surface area contributed by atoms with Gasteiger partial charge in [0.25, 0.3) is 5.56 Å². The van der Waals surface area contributed by atoms with Crippen LogP contribution in [0.25, 0.3) is 16.9 Å².